The van der Waals surface area contributed by atoms with E-state index in [4.69, 9.17) is 19.2 Å². The highest BCUT2D eigenvalue weighted by atomic mass is 16.5. The van der Waals surface area contributed by atoms with Crippen molar-refractivity contribution >= 4 is 5.97 Å². The Balaban J connectivity index is 1.54. The molecule has 0 saturated heterocycles. The van der Waals surface area contributed by atoms with Gasteiger partial charge in [-0.05, 0) is 37.1 Å². The second-order valence-electron chi connectivity index (χ2n) is 7.15. The van der Waals surface area contributed by atoms with Crippen molar-refractivity contribution in [1.82, 2.24) is 4.98 Å². The van der Waals surface area contributed by atoms with Crippen molar-refractivity contribution in [3.8, 4) is 39.8 Å². The van der Waals surface area contributed by atoms with Crippen LogP contribution in [0.4, 0.5) is 0 Å². The van der Waals surface area contributed by atoms with Gasteiger partial charge < -0.3 is 14.3 Å². The molecule has 1 N–H and O–H groups in total. The quantitative estimate of drug-likeness (QED) is 0.326. The number of aliphatic carboxylic acids is 1. The number of oxazole rings is 1. The largest absolute Gasteiger partial charge is 0.494 e. The molecule has 0 aliphatic rings. The Bertz CT molecular complexity index is 1060. The first-order valence-corrected chi connectivity index (χ1v) is 10.3. The van der Waals surface area contributed by atoms with Gasteiger partial charge in [0.2, 0.25) is 5.89 Å². The summed E-state index contributed by atoms with van der Waals surface area (Å²) in [5.41, 5.74) is 3.64. The number of ether oxygens (including phenoxy) is 1. The number of nitrogens with zero attached hydrogens (tertiary/aromatic N) is 1. The predicted octanol–water partition coefficient (Wildman–Crippen LogP) is 6.31. The molecule has 0 radical (unpaired) electrons. The van der Waals surface area contributed by atoms with Crippen LogP contribution in [0.3, 0.4) is 0 Å². The maximum atomic E-state index is 10.6. The Kier molecular flexibility index (Phi) is 6.43. The molecular weight excluding hydrogens is 390 g/mol. The summed E-state index contributed by atoms with van der Waals surface area (Å²) in [6.07, 6.45) is 1.48. The van der Waals surface area contributed by atoms with Gasteiger partial charge in [0.1, 0.15) is 11.4 Å². The molecule has 0 spiro atoms. The van der Waals surface area contributed by atoms with Crippen LogP contribution in [0.1, 0.15) is 19.3 Å². The number of carbonyl (C=O) groups is 1. The summed E-state index contributed by atoms with van der Waals surface area (Å²) in [7, 11) is 0. The van der Waals surface area contributed by atoms with E-state index in [2.05, 4.69) is 0 Å². The van der Waals surface area contributed by atoms with Crippen LogP contribution in [-0.2, 0) is 4.79 Å². The Morgan fingerprint density at radius 1 is 0.806 bits per heavy atom. The minimum atomic E-state index is -0.778. The first-order chi connectivity index (χ1) is 15.2. The first kappa shape index (κ1) is 20.4. The van der Waals surface area contributed by atoms with Crippen LogP contribution in [0.5, 0.6) is 5.75 Å². The third-order valence-corrected chi connectivity index (χ3v) is 4.87. The molecule has 31 heavy (non-hydrogen) atoms. The third kappa shape index (κ3) is 5.20. The second kappa shape index (κ2) is 9.76. The minimum Gasteiger partial charge on any atom is -0.494 e. The third-order valence-electron chi connectivity index (χ3n) is 4.87. The zero-order chi connectivity index (χ0) is 21.5. The van der Waals surface area contributed by atoms with Gasteiger partial charge in [-0.15, -0.1) is 0 Å². The van der Waals surface area contributed by atoms with Crippen LogP contribution in [0.15, 0.2) is 89.3 Å². The van der Waals surface area contributed by atoms with Crippen LogP contribution in [0.2, 0.25) is 0 Å². The molecule has 156 valence electrons. The number of hydrogen-bond acceptors (Lipinski definition) is 4. The van der Waals surface area contributed by atoms with Gasteiger partial charge in [-0.25, -0.2) is 4.98 Å². The van der Waals surface area contributed by atoms with Crippen molar-refractivity contribution in [2.45, 2.75) is 19.3 Å². The molecule has 3 aromatic carbocycles. The Morgan fingerprint density at radius 2 is 1.45 bits per heavy atom. The van der Waals surface area contributed by atoms with Gasteiger partial charge in [0.25, 0.3) is 0 Å². The molecule has 0 bridgehead atoms. The number of unbranched alkanes of at least 4 members (excludes halogenated alkanes) is 1. The molecule has 5 nitrogen and oxygen atoms in total. The summed E-state index contributed by atoms with van der Waals surface area (Å²) in [6, 6.07) is 27.6. The van der Waals surface area contributed by atoms with Gasteiger partial charge in [-0.1, -0.05) is 60.7 Å². The molecule has 1 heterocycles. The van der Waals surface area contributed by atoms with Crippen molar-refractivity contribution in [1.29, 1.82) is 0 Å². The summed E-state index contributed by atoms with van der Waals surface area (Å²) in [4.78, 5) is 15.4. The van der Waals surface area contributed by atoms with Gasteiger partial charge in [0.05, 0.1) is 6.61 Å². The zero-order valence-corrected chi connectivity index (χ0v) is 17.0. The lowest BCUT2D eigenvalue weighted by Gasteiger charge is -2.05. The fourth-order valence-electron chi connectivity index (χ4n) is 3.28. The molecule has 0 saturated carbocycles. The number of benzene rings is 3. The molecule has 5 heteroatoms. The van der Waals surface area contributed by atoms with E-state index in [1.807, 2.05) is 84.9 Å². The molecule has 0 aliphatic heterocycles. The fraction of sp³-hybridized carbons (Fsp3) is 0.154. The van der Waals surface area contributed by atoms with Crippen LogP contribution >= 0.6 is 0 Å². The lowest BCUT2D eigenvalue weighted by molar-refractivity contribution is -0.137. The van der Waals surface area contributed by atoms with Crippen molar-refractivity contribution in [3.05, 3.63) is 84.9 Å². The van der Waals surface area contributed by atoms with E-state index in [0.717, 1.165) is 33.9 Å². The van der Waals surface area contributed by atoms with E-state index in [1.54, 1.807) is 0 Å². The topological polar surface area (TPSA) is 72.6 Å². The highest BCUT2D eigenvalue weighted by molar-refractivity contribution is 5.79. The van der Waals surface area contributed by atoms with E-state index in [9.17, 15) is 4.79 Å². The van der Waals surface area contributed by atoms with E-state index in [0.29, 0.717) is 25.3 Å². The predicted molar refractivity (Wildman–Crippen MR) is 120 cm³/mol. The van der Waals surface area contributed by atoms with E-state index in [1.165, 1.54) is 0 Å². The van der Waals surface area contributed by atoms with Crippen LogP contribution in [0, 0.1) is 0 Å². The van der Waals surface area contributed by atoms with E-state index < -0.39 is 5.97 Å². The smallest absolute Gasteiger partial charge is 0.303 e. The van der Waals surface area contributed by atoms with Gasteiger partial charge in [0.15, 0.2) is 5.76 Å². The highest BCUT2D eigenvalue weighted by Crippen LogP contribution is 2.36. The summed E-state index contributed by atoms with van der Waals surface area (Å²) < 4.78 is 11.9. The average Bonchev–Trinajstić information content (AvgIpc) is 3.26. The lowest BCUT2D eigenvalue weighted by Crippen LogP contribution is -2.00. The molecule has 4 rings (SSSR count). The molecule has 0 amide bonds. The average molecular weight is 413 g/mol. The number of rotatable bonds is 9. The highest BCUT2D eigenvalue weighted by Gasteiger charge is 2.17. The SMILES string of the molecule is O=C(O)CCCCOc1ccc(-c2nc(-c3ccccc3)c(-c3ccccc3)o2)cc1. The van der Waals surface area contributed by atoms with Gasteiger partial charge in [0, 0.05) is 23.1 Å². The van der Waals surface area contributed by atoms with E-state index >= 15 is 0 Å². The van der Waals surface area contributed by atoms with Crippen molar-refractivity contribution in [2.75, 3.05) is 6.61 Å². The van der Waals surface area contributed by atoms with Gasteiger partial charge >= 0.3 is 5.97 Å². The van der Waals surface area contributed by atoms with Crippen molar-refractivity contribution < 1.29 is 19.1 Å². The maximum absolute atomic E-state index is 10.6. The Labute approximate surface area is 181 Å². The second-order valence-corrected chi connectivity index (χ2v) is 7.15. The normalized spacial score (nSPS) is 10.7. The molecule has 0 atom stereocenters. The number of hydrogen-bond donors (Lipinski definition) is 1. The number of carboxylic acids is 1. The van der Waals surface area contributed by atoms with Crippen molar-refractivity contribution in [3.63, 3.8) is 0 Å². The fourth-order valence-corrected chi connectivity index (χ4v) is 3.28. The zero-order valence-electron chi connectivity index (χ0n) is 17.0. The van der Waals surface area contributed by atoms with Crippen LogP contribution in [-0.4, -0.2) is 22.7 Å². The number of carboxylic acid groups (broad SMARTS) is 1. The molecular formula is C26H23NO4. The monoisotopic (exact) mass is 413 g/mol. The molecule has 0 unspecified atom stereocenters. The summed E-state index contributed by atoms with van der Waals surface area (Å²) in [5, 5.41) is 8.68. The summed E-state index contributed by atoms with van der Waals surface area (Å²) in [5.74, 6) is 1.24. The lowest BCUT2D eigenvalue weighted by atomic mass is 10.1. The molecule has 0 aliphatic carbocycles. The Hall–Kier alpha value is -3.86. The maximum Gasteiger partial charge on any atom is 0.303 e. The van der Waals surface area contributed by atoms with E-state index in [-0.39, 0.29) is 6.42 Å². The minimum absolute atomic E-state index is 0.167. The molecule has 1 aromatic heterocycles. The van der Waals surface area contributed by atoms with Gasteiger partial charge in [-0.3, -0.25) is 4.79 Å². The van der Waals surface area contributed by atoms with Gasteiger partial charge in [-0.2, -0.15) is 0 Å². The summed E-state index contributed by atoms with van der Waals surface area (Å²) >= 11 is 0. The summed E-state index contributed by atoms with van der Waals surface area (Å²) in [6.45, 7) is 0.488. The standard InChI is InChI=1S/C26H23NO4/c28-23(29)13-7-8-18-30-22-16-14-21(15-17-22)26-27-24(19-9-3-1-4-10-19)25(31-26)20-11-5-2-6-12-20/h1-6,9-12,14-17H,7-8,13,18H2,(H,28,29). The van der Waals surface area contributed by atoms with Crippen LogP contribution < -0.4 is 4.74 Å². The molecule has 4 aromatic rings. The first-order valence-electron chi connectivity index (χ1n) is 10.3. The van der Waals surface area contributed by atoms with Crippen LogP contribution in [0.25, 0.3) is 34.0 Å². The Morgan fingerprint density at radius 3 is 2.10 bits per heavy atom. The molecule has 0 fully saturated rings. The van der Waals surface area contributed by atoms with Crippen molar-refractivity contribution in [2.24, 2.45) is 0 Å². The number of aromatic nitrogens is 1.